The summed E-state index contributed by atoms with van der Waals surface area (Å²) in [6, 6.07) is 5.72. The van der Waals surface area contributed by atoms with Gasteiger partial charge in [0.1, 0.15) is 0 Å². The summed E-state index contributed by atoms with van der Waals surface area (Å²) >= 11 is 0. The molecule has 0 bridgehead atoms. The maximum atomic E-state index is 12.1. The van der Waals surface area contributed by atoms with Crippen LogP contribution >= 0.6 is 0 Å². The summed E-state index contributed by atoms with van der Waals surface area (Å²) in [5, 5.41) is 10.9. The number of amides is 1. The number of carbonyl (C=O) groups excluding carboxylic acids is 1. The third-order valence-electron chi connectivity index (χ3n) is 3.38. The van der Waals surface area contributed by atoms with Crippen molar-refractivity contribution in [3.8, 4) is 0 Å². The zero-order valence-electron chi connectivity index (χ0n) is 11.7. The second-order valence-corrected chi connectivity index (χ2v) is 6.52. The van der Waals surface area contributed by atoms with Gasteiger partial charge in [-0.2, -0.15) is 0 Å². The first-order valence-corrected chi connectivity index (χ1v) is 8.18. The van der Waals surface area contributed by atoms with Crippen LogP contribution in [0.15, 0.2) is 29.2 Å². The van der Waals surface area contributed by atoms with Gasteiger partial charge in [-0.1, -0.05) is 6.92 Å². The highest BCUT2D eigenvalue weighted by atomic mass is 32.2. The van der Waals surface area contributed by atoms with Crippen LogP contribution in [0.3, 0.4) is 0 Å². The van der Waals surface area contributed by atoms with Crippen molar-refractivity contribution in [2.45, 2.75) is 17.9 Å². The molecule has 1 aliphatic rings. The predicted octanol–water partition coefficient (Wildman–Crippen LogP) is -0.103. The molecule has 1 aliphatic heterocycles. The molecule has 116 valence electrons. The Hall–Kier alpha value is -1.48. The van der Waals surface area contributed by atoms with Crippen LogP contribution in [0.4, 0.5) is 5.69 Å². The van der Waals surface area contributed by atoms with Gasteiger partial charge in [0.25, 0.3) is 0 Å². The van der Waals surface area contributed by atoms with E-state index in [4.69, 9.17) is 9.88 Å². The van der Waals surface area contributed by atoms with E-state index in [1.165, 1.54) is 24.3 Å². The van der Waals surface area contributed by atoms with E-state index < -0.39 is 10.0 Å². The molecule has 1 amide bonds. The predicted molar refractivity (Wildman–Crippen MR) is 78.2 cm³/mol. The smallest absolute Gasteiger partial charge is 0.238 e. The van der Waals surface area contributed by atoms with Crippen molar-refractivity contribution in [3.05, 3.63) is 24.3 Å². The standard InChI is InChI=1S/C13H19N3O4S/c1-9(12-8-15-6-7-20-12)13(17)16-10-2-4-11(5-3-10)21(14,18)19/h2-5,9,12,15H,6-8H2,1H3,(H,16,17)(H2,14,18,19). The van der Waals surface area contributed by atoms with E-state index in [1.54, 1.807) is 6.92 Å². The van der Waals surface area contributed by atoms with Crippen molar-refractivity contribution in [3.63, 3.8) is 0 Å². The summed E-state index contributed by atoms with van der Waals surface area (Å²) in [6.07, 6.45) is -0.164. The molecule has 0 aliphatic carbocycles. The molecule has 1 fully saturated rings. The van der Waals surface area contributed by atoms with Gasteiger partial charge in [-0.15, -0.1) is 0 Å². The molecule has 8 heteroatoms. The number of primary sulfonamides is 1. The van der Waals surface area contributed by atoms with Gasteiger partial charge in [0.15, 0.2) is 0 Å². The number of carbonyl (C=O) groups is 1. The molecule has 4 N–H and O–H groups in total. The van der Waals surface area contributed by atoms with E-state index in [0.717, 1.165) is 6.54 Å². The third-order valence-corrected chi connectivity index (χ3v) is 4.31. The van der Waals surface area contributed by atoms with Crippen LogP contribution in [0.1, 0.15) is 6.92 Å². The van der Waals surface area contributed by atoms with Crippen molar-refractivity contribution in [1.29, 1.82) is 0 Å². The van der Waals surface area contributed by atoms with Crippen LogP contribution in [0.25, 0.3) is 0 Å². The van der Waals surface area contributed by atoms with E-state index in [2.05, 4.69) is 10.6 Å². The van der Waals surface area contributed by atoms with Crippen LogP contribution in [-0.4, -0.2) is 40.1 Å². The lowest BCUT2D eigenvalue weighted by Crippen LogP contribution is -2.45. The van der Waals surface area contributed by atoms with Crippen LogP contribution in [0.2, 0.25) is 0 Å². The Morgan fingerprint density at radius 3 is 2.62 bits per heavy atom. The summed E-state index contributed by atoms with van der Waals surface area (Å²) < 4.78 is 27.8. The van der Waals surface area contributed by atoms with Crippen LogP contribution < -0.4 is 15.8 Å². The van der Waals surface area contributed by atoms with Gasteiger partial charge < -0.3 is 15.4 Å². The van der Waals surface area contributed by atoms with Crippen molar-refractivity contribution < 1.29 is 17.9 Å². The summed E-state index contributed by atoms with van der Waals surface area (Å²) in [7, 11) is -3.72. The fourth-order valence-electron chi connectivity index (χ4n) is 2.06. The van der Waals surface area contributed by atoms with Crippen molar-refractivity contribution >= 4 is 21.6 Å². The zero-order valence-corrected chi connectivity index (χ0v) is 12.5. The molecule has 0 radical (unpaired) electrons. The Kier molecular flexibility index (Phi) is 4.94. The Morgan fingerprint density at radius 1 is 1.43 bits per heavy atom. The normalized spacial score (nSPS) is 20.8. The maximum absolute atomic E-state index is 12.1. The van der Waals surface area contributed by atoms with Crippen molar-refractivity contribution in [1.82, 2.24) is 5.32 Å². The molecule has 2 rings (SSSR count). The number of rotatable bonds is 4. The second kappa shape index (κ2) is 6.52. The number of hydrogen-bond acceptors (Lipinski definition) is 5. The van der Waals surface area contributed by atoms with Gasteiger partial charge in [0, 0.05) is 18.8 Å². The lowest BCUT2D eigenvalue weighted by Gasteiger charge is -2.28. The number of hydrogen-bond donors (Lipinski definition) is 3. The summed E-state index contributed by atoms with van der Waals surface area (Å²) in [4.78, 5) is 12.1. The molecule has 7 nitrogen and oxygen atoms in total. The van der Waals surface area contributed by atoms with Gasteiger partial charge in [0.05, 0.1) is 23.5 Å². The molecule has 1 aromatic carbocycles. The molecule has 1 aromatic rings. The average molecular weight is 313 g/mol. The number of ether oxygens (including phenoxy) is 1. The zero-order chi connectivity index (χ0) is 15.5. The molecular weight excluding hydrogens is 294 g/mol. The molecule has 21 heavy (non-hydrogen) atoms. The third kappa shape index (κ3) is 4.24. The second-order valence-electron chi connectivity index (χ2n) is 4.96. The molecular formula is C13H19N3O4S. The maximum Gasteiger partial charge on any atom is 0.238 e. The molecule has 0 aromatic heterocycles. The number of nitrogens with two attached hydrogens (primary N) is 1. The first-order chi connectivity index (χ1) is 9.88. The fraction of sp³-hybridized carbons (Fsp3) is 0.462. The molecule has 0 spiro atoms. The van der Waals surface area contributed by atoms with Crippen molar-refractivity contribution in [2.75, 3.05) is 25.0 Å². The van der Waals surface area contributed by atoms with Gasteiger partial charge in [-0.3, -0.25) is 4.79 Å². The minimum atomic E-state index is -3.72. The highest BCUT2D eigenvalue weighted by Gasteiger charge is 2.26. The van der Waals surface area contributed by atoms with Gasteiger partial charge >= 0.3 is 0 Å². The SMILES string of the molecule is CC(C(=O)Nc1ccc(S(N)(=O)=O)cc1)C1CNCCO1. The molecule has 1 saturated heterocycles. The lowest BCUT2D eigenvalue weighted by atomic mass is 10.0. The first kappa shape index (κ1) is 15.9. The number of morpholine rings is 1. The van der Waals surface area contributed by atoms with Crippen molar-refractivity contribution in [2.24, 2.45) is 11.1 Å². The van der Waals surface area contributed by atoms with E-state index in [9.17, 15) is 13.2 Å². The fourth-order valence-corrected chi connectivity index (χ4v) is 2.58. The number of nitrogens with one attached hydrogen (secondary N) is 2. The van der Waals surface area contributed by atoms with Crippen LogP contribution in [-0.2, 0) is 19.6 Å². The van der Waals surface area contributed by atoms with Crippen LogP contribution in [0, 0.1) is 5.92 Å². The summed E-state index contributed by atoms with van der Waals surface area (Å²) in [5.41, 5.74) is 0.517. The molecule has 0 saturated carbocycles. The Bertz CT molecular complexity index is 594. The van der Waals surface area contributed by atoms with E-state index in [0.29, 0.717) is 18.8 Å². The monoisotopic (exact) mass is 313 g/mol. The minimum absolute atomic E-state index is 0.00774. The number of sulfonamides is 1. The van der Waals surface area contributed by atoms with E-state index in [1.807, 2.05) is 0 Å². The Labute approximate surface area is 123 Å². The largest absolute Gasteiger partial charge is 0.375 e. The van der Waals surface area contributed by atoms with Gasteiger partial charge in [0.2, 0.25) is 15.9 Å². The van der Waals surface area contributed by atoms with Gasteiger partial charge in [-0.25, -0.2) is 13.6 Å². The van der Waals surface area contributed by atoms with E-state index in [-0.39, 0.29) is 22.8 Å². The summed E-state index contributed by atoms with van der Waals surface area (Å²) in [5.74, 6) is -0.484. The van der Waals surface area contributed by atoms with Crippen LogP contribution in [0.5, 0.6) is 0 Å². The topological polar surface area (TPSA) is 111 Å². The Balaban J connectivity index is 1.99. The summed E-state index contributed by atoms with van der Waals surface area (Å²) in [6.45, 7) is 3.82. The van der Waals surface area contributed by atoms with E-state index >= 15 is 0 Å². The average Bonchev–Trinajstić information content (AvgIpc) is 2.47. The highest BCUT2D eigenvalue weighted by molar-refractivity contribution is 7.89. The van der Waals surface area contributed by atoms with Gasteiger partial charge in [-0.05, 0) is 24.3 Å². The lowest BCUT2D eigenvalue weighted by molar-refractivity contribution is -0.125. The minimum Gasteiger partial charge on any atom is -0.375 e. The first-order valence-electron chi connectivity index (χ1n) is 6.64. The number of benzene rings is 1. The number of anilines is 1. The Morgan fingerprint density at radius 2 is 2.10 bits per heavy atom. The highest BCUT2D eigenvalue weighted by Crippen LogP contribution is 2.16. The molecule has 2 atom stereocenters. The molecule has 1 heterocycles. The quantitative estimate of drug-likeness (QED) is 0.719. The molecule has 2 unspecified atom stereocenters.